The molecule has 2 aliphatic carbocycles. The van der Waals surface area contributed by atoms with E-state index in [9.17, 15) is 13.6 Å². The van der Waals surface area contributed by atoms with E-state index in [1.165, 1.54) is 0 Å². The van der Waals surface area contributed by atoms with E-state index in [1.807, 2.05) is 0 Å². The van der Waals surface area contributed by atoms with Gasteiger partial charge in [0.2, 0.25) is 0 Å². The molecular formula is C8H10F2O2. The van der Waals surface area contributed by atoms with Crippen LogP contribution in [-0.2, 0) is 4.79 Å². The minimum Gasteiger partial charge on any atom is -0.481 e. The largest absolute Gasteiger partial charge is 0.481 e. The van der Waals surface area contributed by atoms with Gasteiger partial charge in [-0.1, -0.05) is 0 Å². The van der Waals surface area contributed by atoms with Crippen molar-refractivity contribution in [2.24, 2.45) is 11.3 Å². The third-order valence-electron chi connectivity index (χ3n) is 3.03. The Morgan fingerprint density at radius 2 is 2.00 bits per heavy atom. The van der Waals surface area contributed by atoms with Gasteiger partial charge >= 0.3 is 5.97 Å². The van der Waals surface area contributed by atoms with Crippen molar-refractivity contribution in [3.63, 3.8) is 0 Å². The fraction of sp³-hybridized carbons (Fsp3) is 0.875. The Hall–Kier alpha value is -0.670. The second-order valence-electron chi connectivity index (χ2n) is 4.03. The van der Waals surface area contributed by atoms with E-state index in [4.69, 9.17) is 5.11 Å². The van der Waals surface area contributed by atoms with Crippen LogP contribution in [0.25, 0.3) is 0 Å². The molecule has 1 spiro atoms. The summed E-state index contributed by atoms with van der Waals surface area (Å²) in [4.78, 5) is 10.2. The predicted molar refractivity (Wildman–Crippen MR) is 37.0 cm³/mol. The third-order valence-corrected chi connectivity index (χ3v) is 3.03. The lowest BCUT2D eigenvalue weighted by atomic mass is 9.70. The number of halogens is 2. The highest BCUT2D eigenvalue weighted by molar-refractivity contribution is 5.67. The summed E-state index contributed by atoms with van der Waals surface area (Å²) in [5.74, 6) is -3.36. The van der Waals surface area contributed by atoms with Crippen molar-refractivity contribution >= 4 is 5.97 Å². The first-order valence-electron chi connectivity index (χ1n) is 4.05. The molecule has 0 heterocycles. The first-order valence-corrected chi connectivity index (χ1v) is 4.05. The van der Waals surface area contributed by atoms with Gasteiger partial charge in [0, 0.05) is 18.3 Å². The number of alkyl halides is 2. The second kappa shape index (κ2) is 1.98. The molecule has 0 atom stereocenters. The highest BCUT2D eigenvalue weighted by Gasteiger charge is 2.75. The van der Waals surface area contributed by atoms with Gasteiger partial charge in [0.25, 0.3) is 5.92 Å². The third kappa shape index (κ3) is 0.934. The van der Waals surface area contributed by atoms with E-state index in [2.05, 4.69) is 0 Å². The summed E-state index contributed by atoms with van der Waals surface area (Å²) >= 11 is 0. The fourth-order valence-corrected chi connectivity index (χ4v) is 2.26. The maximum Gasteiger partial charge on any atom is 0.303 e. The molecule has 0 unspecified atom stereocenters. The van der Waals surface area contributed by atoms with Crippen LogP contribution in [0.3, 0.4) is 0 Å². The minimum atomic E-state index is -2.48. The van der Waals surface area contributed by atoms with Crippen molar-refractivity contribution in [2.75, 3.05) is 0 Å². The van der Waals surface area contributed by atoms with Crippen LogP contribution in [-0.4, -0.2) is 17.0 Å². The van der Waals surface area contributed by atoms with Gasteiger partial charge in [-0.25, -0.2) is 8.78 Å². The molecule has 0 aliphatic heterocycles. The zero-order valence-electron chi connectivity index (χ0n) is 6.52. The summed E-state index contributed by atoms with van der Waals surface area (Å²) in [5, 5.41) is 8.38. The summed E-state index contributed by atoms with van der Waals surface area (Å²) in [6.45, 7) is 0. The highest BCUT2D eigenvalue weighted by atomic mass is 19.3. The number of hydrogen-bond donors (Lipinski definition) is 1. The van der Waals surface area contributed by atoms with E-state index >= 15 is 0 Å². The van der Waals surface area contributed by atoms with Gasteiger partial charge in [0.1, 0.15) is 0 Å². The van der Waals surface area contributed by atoms with E-state index in [0.717, 1.165) is 0 Å². The van der Waals surface area contributed by atoms with Crippen LogP contribution < -0.4 is 0 Å². The number of aliphatic carboxylic acids is 1. The van der Waals surface area contributed by atoms with E-state index in [0.29, 0.717) is 12.8 Å². The molecule has 1 N–H and O–H groups in total. The van der Waals surface area contributed by atoms with Crippen molar-refractivity contribution in [3.8, 4) is 0 Å². The SMILES string of the molecule is O=C(O)CC1CC2(C1)CC2(F)F. The molecule has 0 aromatic carbocycles. The average molecular weight is 176 g/mol. The molecule has 2 rings (SSSR count). The maximum atomic E-state index is 12.6. The van der Waals surface area contributed by atoms with Crippen LogP contribution in [0.2, 0.25) is 0 Å². The second-order valence-corrected chi connectivity index (χ2v) is 4.03. The molecule has 2 nitrogen and oxygen atoms in total. The number of carboxylic acids is 1. The molecule has 2 saturated carbocycles. The molecule has 2 aliphatic rings. The van der Waals surface area contributed by atoms with Gasteiger partial charge in [-0.3, -0.25) is 4.79 Å². The summed E-state index contributed by atoms with van der Waals surface area (Å²) < 4.78 is 25.2. The number of hydrogen-bond acceptors (Lipinski definition) is 1. The fourth-order valence-electron chi connectivity index (χ4n) is 2.26. The Labute approximate surface area is 68.6 Å². The molecule has 68 valence electrons. The van der Waals surface area contributed by atoms with Crippen molar-refractivity contribution in [3.05, 3.63) is 0 Å². The van der Waals surface area contributed by atoms with Gasteiger partial charge in [-0.05, 0) is 18.8 Å². The number of rotatable bonds is 2. The Morgan fingerprint density at radius 1 is 1.50 bits per heavy atom. The molecule has 4 heteroatoms. The zero-order chi connectivity index (χ0) is 8.98. The van der Waals surface area contributed by atoms with Crippen molar-refractivity contribution in [2.45, 2.75) is 31.6 Å². The van der Waals surface area contributed by atoms with Crippen LogP contribution in [0.1, 0.15) is 25.7 Å². The summed E-state index contributed by atoms with van der Waals surface area (Å²) in [7, 11) is 0. The minimum absolute atomic E-state index is 0.00382. The van der Waals surface area contributed by atoms with Crippen LogP contribution in [0, 0.1) is 11.3 Å². The quantitative estimate of drug-likeness (QED) is 0.697. The summed E-state index contributed by atoms with van der Waals surface area (Å²) in [6, 6.07) is 0. The van der Waals surface area contributed by atoms with Crippen LogP contribution in [0.15, 0.2) is 0 Å². The molecular weight excluding hydrogens is 166 g/mol. The van der Waals surface area contributed by atoms with Crippen molar-refractivity contribution in [1.82, 2.24) is 0 Å². The van der Waals surface area contributed by atoms with Gasteiger partial charge in [-0.2, -0.15) is 0 Å². The monoisotopic (exact) mass is 176 g/mol. The van der Waals surface area contributed by atoms with Gasteiger partial charge in [0.15, 0.2) is 0 Å². The lowest BCUT2D eigenvalue weighted by Gasteiger charge is -2.34. The van der Waals surface area contributed by atoms with E-state index < -0.39 is 17.3 Å². The Balaban J connectivity index is 1.82. The summed E-state index contributed by atoms with van der Waals surface area (Å²) in [5.41, 5.74) is -0.771. The van der Waals surface area contributed by atoms with Gasteiger partial charge in [0.05, 0.1) is 0 Å². The van der Waals surface area contributed by atoms with Crippen LogP contribution in [0.5, 0.6) is 0 Å². The highest BCUT2D eigenvalue weighted by Crippen LogP contribution is 2.73. The number of carbonyl (C=O) groups is 1. The van der Waals surface area contributed by atoms with Crippen LogP contribution in [0.4, 0.5) is 8.78 Å². The van der Waals surface area contributed by atoms with Gasteiger partial charge < -0.3 is 5.11 Å². The maximum absolute atomic E-state index is 12.6. The standard InChI is InChI=1S/C8H10F2O2/c9-8(10)4-7(8)2-5(3-7)1-6(11)12/h5H,1-4H2,(H,11,12). The number of carboxylic acid groups (broad SMARTS) is 1. The Bertz CT molecular complexity index is 231. The molecule has 0 aromatic rings. The Kier molecular flexibility index (Phi) is 1.31. The molecule has 0 aromatic heterocycles. The Morgan fingerprint density at radius 3 is 2.33 bits per heavy atom. The normalized spacial score (nSPS) is 42.3. The smallest absolute Gasteiger partial charge is 0.303 e. The molecule has 0 saturated heterocycles. The van der Waals surface area contributed by atoms with Crippen LogP contribution >= 0.6 is 0 Å². The topological polar surface area (TPSA) is 37.3 Å². The molecule has 0 radical (unpaired) electrons. The average Bonchev–Trinajstić information content (AvgIpc) is 2.31. The lowest BCUT2D eigenvalue weighted by Crippen LogP contribution is -2.31. The first-order chi connectivity index (χ1) is 5.45. The molecule has 0 bridgehead atoms. The van der Waals surface area contributed by atoms with E-state index in [-0.39, 0.29) is 18.8 Å². The molecule has 0 amide bonds. The van der Waals surface area contributed by atoms with Crippen molar-refractivity contribution in [1.29, 1.82) is 0 Å². The van der Waals surface area contributed by atoms with E-state index in [1.54, 1.807) is 0 Å². The predicted octanol–water partition coefficient (Wildman–Crippen LogP) is 1.90. The zero-order valence-corrected chi connectivity index (χ0v) is 6.52. The van der Waals surface area contributed by atoms with Crippen molar-refractivity contribution < 1.29 is 18.7 Å². The summed E-state index contributed by atoms with van der Waals surface area (Å²) in [6.07, 6.45) is 0.854. The first kappa shape index (κ1) is 7.95. The lowest BCUT2D eigenvalue weighted by molar-refractivity contribution is -0.140. The van der Waals surface area contributed by atoms with Gasteiger partial charge in [-0.15, -0.1) is 0 Å². The molecule has 2 fully saturated rings. The molecule has 12 heavy (non-hydrogen) atoms.